The van der Waals surface area contributed by atoms with Crippen LogP contribution in [0, 0.1) is 6.92 Å². The SMILES string of the molecule is Cc1ccc(N=c2scc(-c3ccc(Cl)cc3)n2C2CCCCC2)cc1. The van der Waals surface area contributed by atoms with Gasteiger partial charge in [0.1, 0.15) is 0 Å². The minimum absolute atomic E-state index is 0.532. The first-order valence-electron chi connectivity index (χ1n) is 9.28. The average Bonchev–Trinajstić information content (AvgIpc) is 3.08. The van der Waals surface area contributed by atoms with Gasteiger partial charge >= 0.3 is 0 Å². The highest BCUT2D eigenvalue weighted by atomic mass is 35.5. The summed E-state index contributed by atoms with van der Waals surface area (Å²) in [4.78, 5) is 6.07. The van der Waals surface area contributed by atoms with Crippen LogP contribution in [0.5, 0.6) is 0 Å². The summed E-state index contributed by atoms with van der Waals surface area (Å²) < 4.78 is 2.47. The molecular formula is C22H23ClN2S. The van der Waals surface area contributed by atoms with Gasteiger partial charge in [0.25, 0.3) is 0 Å². The van der Waals surface area contributed by atoms with Crippen LogP contribution >= 0.6 is 22.9 Å². The highest BCUT2D eigenvalue weighted by Gasteiger charge is 2.20. The zero-order valence-corrected chi connectivity index (χ0v) is 16.6. The van der Waals surface area contributed by atoms with Gasteiger partial charge in [-0.15, -0.1) is 11.3 Å². The van der Waals surface area contributed by atoms with Gasteiger partial charge in [-0.25, -0.2) is 4.99 Å². The van der Waals surface area contributed by atoms with E-state index in [-0.39, 0.29) is 0 Å². The topological polar surface area (TPSA) is 17.3 Å². The van der Waals surface area contributed by atoms with Gasteiger partial charge in [-0.3, -0.25) is 0 Å². The van der Waals surface area contributed by atoms with Crippen molar-refractivity contribution in [2.24, 2.45) is 4.99 Å². The highest BCUT2D eigenvalue weighted by molar-refractivity contribution is 7.07. The average molecular weight is 383 g/mol. The molecular weight excluding hydrogens is 360 g/mol. The molecule has 0 N–H and O–H groups in total. The molecule has 0 aliphatic heterocycles. The van der Waals surface area contributed by atoms with Gasteiger partial charge in [-0.2, -0.15) is 0 Å². The third kappa shape index (κ3) is 3.79. The number of rotatable bonds is 3. The molecule has 0 bridgehead atoms. The highest BCUT2D eigenvalue weighted by Crippen LogP contribution is 2.33. The predicted octanol–water partition coefficient (Wildman–Crippen LogP) is 6.92. The van der Waals surface area contributed by atoms with Gasteiger partial charge in [0.15, 0.2) is 4.80 Å². The molecule has 1 aliphatic rings. The number of hydrogen-bond donors (Lipinski definition) is 0. The molecule has 3 aromatic rings. The van der Waals surface area contributed by atoms with E-state index in [0.717, 1.165) is 15.5 Å². The van der Waals surface area contributed by atoms with Crippen molar-refractivity contribution in [3.8, 4) is 11.3 Å². The Morgan fingerprint density at radius 1 is 0.962 bits per heavy atom. The molecule has 1 saturated carbocycles. The maximum absolute atomic E-state index is 6.09. The third-order valence-corrected chi connectivity index (χ3v) is 6.17. The summed E-state index contributed by atoms with van der Waals surface area (Å²) in [5.41, 5.74) is 4.74. The number of halogens is 1. The molecule has 4 rings (SSSR count). The molecule has 0 atom stereocenters. The van der Waals surface area contributed by atoms with Crippen LogP contribution in [0.25, 0.3) is 11.3 Å². The molecule has 1 aliphatic carbocycles. The van der Waals surface area contributed by atoms with Crippen LogP contribution in [0.2, 0.25) is 5.02 Å². The van der Waals surface area contributed by atoms with E-state index in [2.05, 4.69) is 53.3 Å². The molecule has 0 radical (unpaired) electrons. The van der Waals surface area contributed by atoms with Crippen molar-refractivity contribution in [2.75, 3.05) is 0 Å². The van der Waals surface area contributed by atoms with Crippen molar-refractivity contribution in [2.45, 2.75) is 45.1 Å². The Balaban J connectivity index is 1.83. The Bertz CT molecular complexity index is 930. The van der Waals surface area contributed by atoms with E-state index in [9.17, 15) is 0 Å². The summed E-state index contributed by atoms with van der Waals surface area (Å²) >= 11 is 7.82. The van der Waals surface area contributed by atoms with Gasteiger partial charge in [-0.05, 0) is 49.6 Å². The van der Waals surface area contributed by atoms with Crippen LogP contribution in [0.4, 0.5) is 5.69 Å². The fourth-order valence-corrected chi connectivity index (χ4v) is 4.77. The van der Waals surface area contributed by atoms with Gasteiger partial charge in [0, 0.05) is 16.4 Å². The van der Waals surface area contributed by atoms with E-state index in [1.54, 1.807) is 11.3 Å². The van der Waals surface area contributed by atoms with Crippen LogP contribution in [-0.4, -0.2) is 4.57 Å². The molecule has 0 amide bonds. The fourth-order valence-electron chi connectivity index (χ4n) is 3.65. The normalized spacial score (nSPS) is 16.2. The summed E-state index contributed by atoms with van der Waals surface area (Å²) in [6, 6.07) is 17.1. The number of benzene rings is 2. The third-order valence-electron chi connectivity index (χ3n) is 5.08. The smallest absolute Gasteiger partial charge is 0.190 e. The van der Waals surface area contributed by atoms with E-state index >= 15 is 0 Å². The largest absolute Gasteiger partial charge is 0.313 e. The first kappa shape index (κ1) is 17.6. The van der Waals surface area contributed by atoms with Crippen LogP contribution in [0.3, 0.4) is 0 Å². The summed E-state index contributed by atoms with van der Waals surface area (Å²) in [5.74, 6) is 0. The zero-order valence-electron chi connectivity index (χ0n) is 15.0. The first-order chi connectivity index (χ1) is 12.7. The van der Waals surface area contributed by atoms with Crippen LogP contribution < -0.4 is 4.80 Å². The Hall–Kier alpha value is -1.84. The number of nitrogens with zero attached hydrogens (tertiary/aromatic N) is 2. The first-order valence-corrected chi connectivity index (χ1v) is 10.5. The summed E-state index contributed by atoms with van der Waals surface area (Å²) in [7, 11) is 0. The number of hydrogen-bond acceptors (Lipinski definition) is 2. The molecule has 2 nitrogen and oxygen atoms in total. The standard InChI is InChI=1S/C22H23ClN2S/c1-16-7-13-19(14-8-16)24-22-25(20-5-3-2-4-6-20)21(15-26-22)17-9-11-18(23)12-10-17/h7-15,20H,2-6H2,1H3. The summed E-state index contributed by atoms with van der Waals surface area (Å²) in [6.45, 7) is 2.11. The Labute approximate surface area is 163 Å². The van der Waals surface area contributed by atoms with E-state index in [0.29, 0.717) is 6.04 Å². The zero-order chi connectivity index (χ0) is 17.9. The predicted molar refractivity (Wildman–Crippen MR) is 111 cm³/mol. The number of aromatic nitrogens is 1. The second-order valence-corrected chi connectivity index (χ2v) is 8.29. The quantitative estimate of drug-likeness (QED) is 0.468. The lowest BCUT2D eigenvalue weighted by Crippen LogP contribution is -2.23. The molecule has 0 saturated heterocycles. The van der Waals surface area contributed by atoms with Crippen LogP contribution in [0.15, 0.2) is 58.9 Å². The van der Waals surface area contributed by atoms with Crippen molar-refractivity contribution in [3.63, 3.8) is 0 Å². The maximum atomic E-state index is 6.09. The molecule has 0 unspecified atom stereocenters. The van der Waals surface area contributed by atoms with Gasteiger partial charge in [0.05, 0.1) is 11.4 Å². The molecule has 1 aromatic heterocycles. The lowest BCUT2D eigenvalue weighted by Gasteiger charge is -2.25. The molecule has 1 fully saturated rings. The van der Waals surface area contributed by atoms with Gasteiger partial charge in [-0.1, -0.05) is 60.7 Å². The second-order valence-electron chi connectivity index (χ2n) is 7.02. The van der Waals surface area contributed by atoms with Gasteiger partial charge < -0.3 is 4.57 Å². The molecule has 0 spiro atoms. The number of thiazole rings is 1. The van der Waals surface area contributed by atoms with Crippen molar-refractivity contribution in [1.29, 1.82) is 0 Å². The van der Waals surface area contributed by atoms with E-state index in [1.165, 1.54) is 48.9 Å². The Morgan fingerprint density at radius 3 is 2.35 bits per heavy atom. The monoisotopic (exact) mass is 382 g/mol. The molecule has 4 heteroatoms. The molecule has 26 heavy (non-hydrogen) atoms. The minimum atomic E-state index is 0.532. The van der Waals surface area contributed by atoms with Crippen molar-refractivity contribution >= 4 is 28.6 Å². The minimum Gasteiger partial charge on any atom is -0.313 e. The Kier molecular flexibility index (Phi) is 5.28. The summed E-state index contributed by atoms with van der Waals surface area (Å²) in [6.07, 6.45) is 6.42. The fraction of sp³-hybridized carbons (Fsp3) is 0.318. The van der Waals surface area contributed by atoms with Crippen LogP contribution in [-0.2, 0) is 0 Å². The van der Waals surface area contributed by atoms with Crippen molar-refractivity contribution < 1.29 is 0 Å². The van der Waals surface area contributed by atoms with E-state index in [1.807, 2.05) is 12.1 Å². The van der Waals surface area contributed by atoms with Crippen LogP contribution in [0.1, 0.15) is 43.7 Å². The lowest BCUT2D eigenvalue weighted by molar-refractivity contribution is 0.351. The van der Waals surface area contributed by atoms with Gasteiger partial charge in [0.2, 0.25) is 0 Å². The van der Waals surface area contributed by atoms with Crippen molar-refractivity contribution in [1.82, 2.24) is 4.57 Å². The van der Waals surface area contributed by atoms with E-state index < -0.39 is 0 Å². The lowest BCUT2D eigenvalue weighted by atomic mass is 9.95. The maximum Gasteiger partial charge on any atom is 0.190 e. The van der Waals surface area contributed by atoms with E-state index in [4.69, 9.17) is 16.6 Å². The van der Waals surface area contributed by atoms with Crippen molar-refractivity contribution in [3.05, 3.63) is 69.3 Å². The molecule has 134 valence electrons. The Morgan fingerprint density at radius 2 is 1.65 bits per heavy atom. The number of aryl methyl sites for hydroxylation is 1. The molecule has 2 aromatic carbocycles. The second kappa shape index (κ2) is 7.81. The summed E-state index contributed by atoms with van der Waals surface area (Å²) in [5, 5.41) is 3.02. The molecule has 1 heterocycles.